The SMILES string of the molecule is C=CCC(=C)Cc1c(C(F)(F)F)nn(-c2ccc(OC)cc2)c1-c1ccccc1. The third kappa shape index (κ3) is 4.42. The molecule has 0 fully saturated rings. The molecule has 0 aliphatic heterocycles. The van der Waals surface area contributed by atoms with Crippen LogP contribution in [0.15, 0.2) is 79.4 Å². The normalized spacial score (nSPS) is 11.3. The van der Waals surface area contributed by atoms with Crippen LogP contribution in [0, 0.1) is 0 Å². The minimum absolute atomic E-state index is 0.0568. The summed E-state index contributed by atoms with van der Waals surface area (Å²) >= 11 is 0. The summed E-state index contributed by atoms with van der Waals surface area (Å²) in [5.41, 5.74) is 1.39. The van der Waals surface area contributed by atoms with Crippen LogP contribution in [0.3, 0.4) is 0 Å². The van der Waals surface area contributed by atoms with Crippen LogP contribution in [0.5, 0.6) is 5.75 Å². The Kier molecular flexibility index (Phi) is 5.92. The van der Waals surface area contributed by atoms with E-state index in [1.165, 1.54) is 11.8 Å². The summed E-state index contributed by atoms with van der Waals surface area (Å²) in [6, 6.07) is 15.7. The monoisotopic (exact) mass is 398 g/mol. The molecule has 29 heavy (non-hydrogen) atoms. The largest absolute Gasteiger partial charge is 0.497 e. The molecule has 3 rings (SSSR count). The van der Waals surface area contributed by atoms with Crippen molar-refractivity contribution in [1.82, 2.24) is 9.78 Å². The van der Waals surface area contributed by atoms with Gasteiger partial charge in [0, 0.05) is 11.1 Å². The average molecular weight is 398 g/mol. The Labute approximate surface area is 167 Å². The van der Waals surface area contributed by atoms with E-state index in [1.54, 1.807) is 54.6 Å². The Morgan fingerprint density at radius 2 is 1.76 bits per heavy atom. The van der Waals surface area contributed by atoms with Gasteiger partial charge in [-0.15, -0.1) is 6.58 Å². The van der Waals surface area contributed by atoms with E-state index in [9.17, 15) is 13.2 Å². The number of hydrogen-bond donors (Lipinski definition) is 0. The molecule has 2 aromatic carbocycles. The van der Waals surface area contributed by atoms with E-state index in [-0.39, 0.29) is 12.0 Å². The molecule has 0 amide bonds. The number of nitrogens with zero attached hydrogens (tertiary/aromatic N) is 2. The first kappa shape index (κ1) is 20.5. The zero-order chi connectivity index (χ0) is 21.0. The molecule has 3 nitrogen and oxygen atoms in total. The zero-order valence-electron chi connectivity index (χ0n) is 16.0. The molecule has 0 radical (unpaired) electrons. The topological polar surface area (TPSA) is 27.1 Å². The number of alkyl halides is 3. The molecule has 1 heterocycles. The molecule has 0 aliphatic rings. The predicted octanol–water partition coefficient (Wildman–Crippen LogP) is 6.24. The molecule has 0 bridgehead atoms. The molecule has 1 aromatic heterocycles. The van der Waals surface area contributed by atoms with E-state index < -0.39 is 11.9 Å². The molecular formula is C23H21F3N2O. The number of benzene rings is 2. The van der Waals surface area contributed by atoms with E-state index in [0.29, 0.717) is 34.7 Å². The van der Waals surface area contributed by atoms with Gasteiger partial charge in [-0.2, -0.15) is 18.3 Å². The van der Waals surface area contributed by atoms with Crippen molar-refractivity contribution in [2.45, 2.75) is 19.0 Å². The number of rotatable bonds is 7. The van der Waals surface area contributed by atoms with Crippen LogP contribution in [0.1, 0.15) is 17.7 Å². The van der Waals surface area contributed by atoms with E-state index in [0.717, 1.165) is 0 Å². The standard InChI is InChI=1S/C23H21F3N2O/c1-4-8-16(2)15-20-21(17-9-6-5-7-10-17)28(27-22(20)23(24,25)26)18-11-13-19(29-3)14-12-18/h4-7,9-14H,1-2,8,15H2,3H3. The summed E-state index contributed by atoms with van der Waals surface area (Å²) in [6.45, 7) is 7.56. The van der Waals surface area contributed by atoms with Gasteiger partial charge in [0.2, 0.25) is 0 Å². The third-order valence-corrected chi connectivity index (χ3v) is 4.48. The van der Waals surface area contributed by atoms with Crippen LogP contribution in [-0.4, -0.2) is 16.9 Å². The molecule has 0 saturated carbocycles. The van der Waals surface area contributed by atoms with Gasteiger partial charge in [-0.05, 0) is 37.1 Å². The molecule has 150 valence electrons. The number of aromatic nitrogens is 2. The van der Waals surface area contributed by atoms with Crippen molar-refractivity contribution in [3.63, 3.8) is 0 Å². The Morgan fingerprint density at radius 3 is 2.31 bits per heavy atom. The molecular weight excluding hydrogens is 377 g/mol. The van der Waals surface area contributed by atoms with Crippen molar-refractivity contribution < 1.29 is 17.9 Å². The lowest BCUT2D eigenvalue weighted by Gasteiger charge is -2.12. The Balaban J connectivity index is 2.27. The van der Waals surface area contributed by atoms with Gasteiger partial charge in [-0.1, -0.05) is 48.6 Å². The fourth-order valence-electron chi connectivity index (χ4n) is 3.17. The maximum atomic E-state index is 13.9. The second-order valence-electron chi connectivity index (χ2n) is 6.57. The number of halogens is 3. The predicted molar refractivity (Wildman–Crippen MR) is 108 cm³/mol. The molecule has 0 unspecified atom stereocenters. The minimum atomic E-state index is -4.59. The fraction of sp³-hybridized carbons (Fsp3) is 0.174. The maximum Gasteiger partial charge on any atom is 0.435 e. The maximum absolute atomic E-state index is 13.9. The highest BCUT2D eigenvalue weighted by Gasteiger charge is 2.39. The summed E-state index contributed by atoms with van der Waals surface area (Å²) in [5, 5.41) is 3.98. The molecule has 6 heteroatoms. The second kappa shape index (κ2) is 8.39. The molecule has 3 aromatic rings. The fourth-order valence-corrected chi connectivity index (χ4v) is 3.17. The highest BCUT2D eigenvalue weighted by molar-refractivity contribution is 5.68. The van der Waals surface area contributed by atoms with Gasteiger partial charge < -0.3 is 4.74 Å². The summed E-state index contributed by atoms with van der Waals surface area (Å²) in [5.74, 6) is 0.609. The van der Waals surface area contributed by atoms with Crippen LogP contribution < -0.4 is 4.74 Å². The highest BCUT2D eigenvalue weighted by atomic mass is 19.4. The Hall–Kier alpha value is -3.28. The molecule has 0 spiro atoms. The Morgan fingerprint density at radius 1 is 1.10 bits per heavy atom. The number of ether oxygens (including phenoxy) is 1. The highest BCUT2D eigenvalue weighted by Crippen LogP contribution is 2.39. The summed E-state index contributed by atoms with van der Waals surface area (Å²) in [6.07, 6.45) is -2.47. The van der Waals surface area contributed by atoms with E-state index >= 15 is 0 Å². The van der Waals surface area contributed by atoms with Gasteiger partial charge in [0.25, 0.3) is 0 Å². The lowest BCUT2D eigenvalue weighted by molar-refractivity contribution is -0.141. The molecule has 0 N–H and O–H groups in total. The van der Waals surface area contributed by atoms with Crippen molar-refractivity contribution in [3.05, 3.63) is 90.7 Å². The van der Waals surface area contributed by atoms with Crippen molar-refractivity contribution >= 4 is 0 Å². The van der Waals surface area contributed by atoms with Gasteiger partial charge in [0.05, 0.1) is 18.5 Å². The van der Waals surface area contributed by atoms with Gasteiger partial charge in [-0.3, -0.25) is 0 Å². The zero-order valence-corrected chi connectivity index (χ0v) is 16.0. The summed E-state index contributed by atoms with van der Waals surface area (Å²) in [7, 11) is 1.53. The number of methoxy groups -OCH3 is 1. The van der Waals surface area contributed by atoms with E-state index in [4.69, 9.17) is 4.74 Å². The lowest BCUT2D eigenvalue weighted by Crippen LogP contribution is -2.10. The van der Waals surface area contributed by atoms with Crippen LogP contribution in [0.4, 0.5) is 13.2 Å². The van der Waals surface area contributed by atoms with Crippen molar-refractivity contribution in [2.75, 3.05) is 7.11 Å². The first-order valence-corrected chi connectivity index (χ1v) is 9.01. The van der Waals surface area contributed by atoms with Crippen LogP contribution in [0.2, 0.25) is 0 Å². The first-order valence-electron chi connectivity index (χ1n) is 9.01. The first-order chi connectivity index (χ1) is 13.8. The summed E-state index contributed by atoms with van der Waals surface area (Å²) < 4.78 is 48.1. The van der Waals surface area contributed by atoms with Crippen molar-refractivity contribution in [2.24, 2.45) is 0 Å². The van der Waals surface area contributed by atoms with Crippen LogP contribution in [-0.2, 0) is 12.6 Å². The van der Waals surface area contributed by atoms with Gasteiger partial charge in [0.1, 0.15) is 5.75 Å². The number of allylic oxidation sites excluding steroid dienone is 2. The summed E-state index contributed by atoms with van der Waals surface area (Å²) in [4.78, 5) is 0. The molecule has 0 aliphatic carbocycles. The lowest BCUT2D eigenvalue weighted by atomic mass is 9.97. The smallest absolute Gasteiger partial charge is 0.435 e. The van der Waals surface area contributed by atoms with Gasteiger partial charge in [-0.25, -0.2) is 4.68 Å². The third-order valence-electron chi connectivity index (χ3n) is 4.48. The minimum Gasteiger partial charge on any atom is -0.497 e. The molecule has 0 atom stereocenters. The Bertz CT molecular complexity index is 1000. The molecule has 0 saturated heterocycles. The van der Waals surface area contributed by atoms with Crippen LogP contribution in [0.25, 0.3) is 16.9 Å². The van der Waals surface area contributed by atoms with Gasteiger partial charge >= 0.3 is 6.18 Å². The number of hydrogen-bond acceptors (Lipinski definition) is 2. The van der Waals surface area contributed by atoms with Crippen LogP contribution >= 0.6 is 0 Å². The van der Waals surface area contributed by atoms with E-state index in [1.807, 2.05) is 6.07 Å². The van der Waals surface area contributed by atoms with Gasteiger partial charge in [0.15, 0.2) is 5.69 Å². The van der Waals surface area contributed by atoms with Crippen molar-refractivity contribution in [1.29, 1.82) is 0 Å². The van der Waals surface area contributed by atoms with E-state index in [2.05, 4.69) is 18.3 Å². The average Bonchev–Trinajstić information content (AvgIpc) is 3.08. The second-order valence-corrected chi connectivity index (χ2v) is 6.57. The van der Waals surface area contributed by atoms with Crippen molar-refractivity contribution in [3.8, 4) is 22.7 Å². The quantitative estimate of drug-likeness (QED) is 0.441.